The van der Waals surface area contributed by atoms with Gasteiger partial charge in [0.15, 0.2) is 5.69 Å². The number of benzene rings is 2. The zero-order chi connectivity index (χ0) is 24.5. The molecule has 1 N–H and O–H groups in total. The lowest BCUT2D eigenvalue weighted by molar-refractivity contribution is -0.126. The molecule has 0 radical (unpaired) electrons. The van der Waals surface area contributed by atoms with Crippen molar-refractivity contribution in [1.29, 1.82) is 0 Å². The van der Waals surface area contributed by atoms with Gasteiger partial charge in [0.2, 0.25) is 5.91 Å². The van der Waals surface area contributed by atoms with E-state index >= 15 is 0 Å². The van der Waals surface area contributed by atoms with E-state index in [4.69, 9.17) is 9.47 Å². The number of aromatic nitrogens is 1. The van der Waals surface area contributed by atoms with Gasteiger partial charge >= 0.3 is 5.97 Å². The summed E-state index contributed by atoms with van der Waals surface area (Å²) < 4.78 is 11.0. The molecule has 1 atom stereocenters. The van der Waals surface area contributed by atoms with Crippen LogP contribution in [-0.4, -0.2) is 23.5 Å². The number of ether oxygens (including phenoxy) is 2. The van der Waals surface area contributed by atoms with Crippen molar-refractivity contribution in [3.8, 4) is 5.75 Å². The number of hydrogen-bond acceptors (Lipinski definition) is 6. The molecule has 1 amide bonds. The zero-order valence-electron chi connectivity index (χ0n) is 20.1. The molecule has 2 aromatic carbocycles. The minimum atomic E-state index is -0.438. The molecule has 1 aliphatic carbocycles. The van der Waals surface area contributed by atoms with Gasteiger partial charge in [-0.1, -0.05) is 61.7 Å². The minimum Gasteiger partial charge on any atom is -0.489 e. The molecular formula is C28H32N2O4S. The molecule has 4 rings (SSSR count). The number of hydrogen-bond donors (Lipinski definition) is 1. The number of carbonyl (C=O) groups is 2. The van der Waals surface area contributed by atoms with Crippen molar-refractivity contribution < 1.29 is 19.1 Å². The SMILES string of the molecule is CCOC(=O)c1csc([C@H](Cc2ccc(OCc3ccccc3)cc2)NC(=O)C2CCCCC2)n1. The molecule has 35 heavy (non-hydrogen) atoms. The fourth-order valence-corrected chi connectivity index (χ4v) is 5.14. The third kappa shape index (κ3) is 7.15. The molecule has 3 aromatic rings. The minimum absolute atomic E-state index is 0.0458. The van der Waals surface area contributed by atoms with E-state index in [1.807, 2.05) is 54.6 Å². The number of nitrogens with one attached hydrogen (secondary N) is 1. The number of esters is 1. The van der Waals surface area contributed by atoms with Crippen LogP contribution in [0.1, 0.15) is 71.7 Å². The Labute approximate surface area is 210 Å². The molecule has 0 aliphatic heterocycles. The summed E-state index contributed by atoms with van der Waals surface area (Å²) in [6.07, 6.45) is 5.82. The Kier molecular flexibility index (Phi) is 8.90. The van der Waals surface area contributed by atoms with Gasteiger partial charge in [0.05, 0.1) is 12.6 Å². The second-order valence-corrected chi connectivity index (χ2v) is 9.70. The van der Waals surface area contributed by atoms with E-state index in [0.29, 0.717) is 24.6 Å². The molecule has 1 aromatic heterocycles. The van der Waals surface area contributed by atoms with Crippen molar-refractivity contribution >= 4 is 23.2 Å². The molecule has 1 aliphatic rings. The van der Waals surface area contributed by atoms with Gasteiger partial charge in [0.1, 0.15) is 17.4 Å². The van der Waals surface area contributed by atoms with Crippen LogP contribution in [0.4, 0.5) is 0 Å². The normalized spacial score (nSPS) is 14.8. The molecular weight excluding hydrogens is 460 g/mol. The van der Waals surface area contributed by atoms with Crippen LogP contribution in [0.3, 0.4) is 0 Å². The maximum Gasteiger partial charge on any atom is 0.357 e. The van der Waals surface area contributed by atoms with Crippen LogP contribution < -0.4 is 10.1 Å². The van der Waals surface area contributed by atoms with Gasteiger partial charge in [-0.15, -0.1) is 11.3 Å². The first-order chi connectivity index (χ1) is 17.1. The summed E-state index contributed by atoms with van der Waals surface area (Å²) in [5, 5.41) is 5.63. The molecule has 1 fully saturated rings. The predicted octanol–water partition coefficient (Wildman–Crippen LogP) is 5.88. The van der Waals surface area contributed by atoms with Gasteiger partial charge in [0, 0.05) is 11.3 Å². The van der Waals surface area contributed by atoms with Crippen molar-refractivity contribution in [2.75, 3.05) is 6.61 Å². The van der Waals surface area contributed by atoms with E-state index in [-0.39, 0.29) is 23.6 Å². The highest BCUT2D eigenvalue weighted by molar-refractivity contribution is 7.09. The van der Waals surface area contributed by atoms with Crippen molar-refractivity contribution in [2.45, 2.75) is 58.1 Å². The molecule has 0 unspecified atom stereocenters. The predicted molar refractivity (Wildman–Crippen MR) is 136 cm³/mol. The monoisotopic (exact) mass is 492 g/mol. The lowest BCUT2D eigenvalue weighted by Gasteiger charge is -2.24. The first kappa shape index (κ1) is 24.9. The topological polar surface area (TPSA) is 77.5 Å². The van der Waals surface area contributed by atoms with Crippen molar-refractivity contribution in [1.82, 2.24) is 10.3 Å². The fraction of sp³-hybridized carbons (Fsp3) is 0.393. The Balaban J connectivity index is 1.45. The van der Waals surface area contributed by atoms with E-state index in [1.165, 1.54) is 17.8 Å². The summed E-state index contributed by atoms with van der Waals surface area (Å²) in [7, 11) is 0. The Morgan fingerprint density at radius 2 is 1.77 bits per heavy atom. The van der Waals surface area contributed by atoms with Gasteiger partial charge < -0.3 is 14.8 Å². The Morgan fingerprint density at radius 1 is 1.03 bits per heavy atom. The molecule has 184 valence electrons. The molecule has 0 saturated heterocycles. The average Bonchev–Trinajstić information content (AvgIpc) is 3.40. The highest BCUT2D eigenvalue weighted by Crippen LogP contribution is 2.28. The summed E-state index contributed by atoms with van der Waals surface area (Å²) in [4.78, 5) is 29.7. The Bertz CT molecular complexity index is 1090. The first-order valence-corrected chi connectivity index (χ1v) is 13.2. The second-order valence-electron chi connectivity index (χ2n) is 8.81. The van der Waals surface area contributed by atoms with E-state index in [1.54, 1.807) is 12.3 Å². The summed E-state index contributed by atoms with van der Waals surface area (Å²) in [5.41, 5.74) is 2.45. The summed E-state index contributed by atoms with van der Waals surface area (Å²) >= 11 is 1.38. The van der Waals surface area contributed by atoms with E-state index in [2.05, 4.69) is 10.3 Å². The number of nitrogens with zero attached hydrogens (tertiary/aromatic N) is 1. The van der Waals surface area contributed by atoms with E-state index in [9.17, 15) is 9.59 Å². The summed E-state index contributed by atoms with van der Waals surface area (Å²) in [5.74, 6) is 0.474. The number of amides is 1. The van der Waals surface area contributed by atoms with Crippen molar-refractivity contribution in [2.24, 2.45) is 5.92 Å². The third-order valence-corrected chi connectivity index (χ3v) is 7.17. The second kappa shape index (κ2) is 12.5. The highest BCUT2D eigenvalue weighted by Gasteiger charge is 2.26. The average molecular weight is 493 g/mol. The standard InChI is InChI=1S/C28H32N2O4S/c1-2-33-28(32)25-19-35-27(30-25)24(29-26(31)22-11-7-4-8-12-22)17-20-13-15-23(16-14-20)34-18-21-9-5-3-6-10-21/h3,5-6,9-10,13-16,19,22,24H,2,4,7-8,11-12,17-18H2,1H3,(H,29,31)/t24-/m0/s1. The lowest BCUT2D eigenvalue weighted by atomic mass is 9.88. The lowest BCUT2D eigenvalue weighted by Crippen LogP contribution is -2.36. The summed E-state index contributed by atoms with van der Waals surface area (Å²) in [6, 6.07) is 17.7. The fourth-order valence-electron chi connectivity index (χ4n) is 4.30. The van der Waals surface area contributed by atoms with Gasteiger partial charge in [-0.2, -0.15) is 0 Å². The Hall–Kier alpha value is -3.19. The molecule has 1 saturated carbocycles. The maximum absolute atomic E-state index is 13.0. The number of rotatable bonds is 10. The molecule has 1 heterocycles. The van der Waals surface area contributed by atoms with Crippen LogP contribution >= 0.6 is 11.3 Å². The highest BCUT2D eigenvalue weighted by atomic mass is 32.1. The number of carbonyl (C=O) groups excluding carboxylic acids is 2. The molecule has 0 spiro atoms. The molecule has 0 bridgehead atoms. The smallest absolute Gasteiger partial charge is 0.357 e. The van der Waals surface area contributed by atoms with Crippen LogP contribution in [-0.2, 0) is 22.6 Å². The van der Waals surface area contributed by atoms with E-state index < -0.39 is 5.97 Å². The third-order valence-electron chi connectivity index (χ3n) is 6.21. The Morgan fingerprint density at radius 3 is 2.49 bits per heavy atom. The quantitative estimate of drug-likeness (QED) is 0.358. The number of thiazole rings is 1. The van der Waals surface area contributed by atoms with Crippen LogP contribution in [0, 0.1) is 5.92 Å². The maximum atomic E-state index is 13.0. The van der Waals surface area contributed by atoms with Crippen LogP contribution in [0.15, 0.2) is 60.0 Å². The van der Waals surface area contributed by atoms with Crippen molar-refractivity contribution in [3.05, 3.63) is 81.8 Å². The zero-order valence-corrected chi connectivity index (χ0v) is 20.9. The van der Waals surface area contributed by atoms with Crippen molar-refractivity contribution in [3.63, 3.8) is 0 Å². The first-order valence-electron chi connectivity index (χ1n) is 12.3. The van der Waals surface area contributed by atoms with Crippen LogP contribution in [0.5, 0.6) is 5.75 Å². The molecule has 7 heteroatoms. The summed E-state index contributed by atoms with van der Waals surface area (Å²) in [6.45, 7) is 2.58. The van der Waals surface area contributed by atoms with Gasteiger partial charge in [-0.25, -0.2) is 9.78 Å². The van der Waals surface area contributed by atoms with Gasteiger partial charge in [-0.3, -0.25) is 4.79 Å². The van der Waals surface area contributed by atoms with Gasteiger partial charge in [0.25, 0.3) is 0 Å². The van der Waals surface area contributed by atoms with Gasteiger partial charge in [-0.05, 0) is 49.4 Å². The molecule has 6 nitrogen and oxygen atoms in total. The largest absolute Gasteiger partial charge is 0.489 e. The van der Waals surface area contributed by atoms with Crippen LogP contribution in [0.25, 0.3) is 0 Å². The van der Waals surface area contributed by atoms with E-state index in [0.717, 1.165) is 42.6 Å². The van der Waals surface area contributed by atoms with Crippen LogP contribution in [0.2, 0.25) is 0 Å².